The van der Waals surface area contributed by atoms with Crippen molar-refractivity contribution in [2.75, 3.05) is 0 Å². The Hall–Kier alpha value is -2.91. The normalized spacial score (nSPS) is 11.1. The molecule has 1 heterocycles. The fraction of sp³-hybridized carbons (Fsp3) is 0.0400. The van der Waals surface area contributed by atoms with Crippen LogP contribution < -0.4 is 5.43 Å². The summed E-state index contributed by atoms with van der Waals surface area (Å²) in [4.78, 5) is 12.5. The summed E-state index contributed by atoms with van der Waals surface area (Å²) >= 11 is 5.42. The molecule has 1 amide bonds. The Morgan fingerprint density at radius 3 is 2.50 bits per heavy atom. The van der Waals surface area contributed by atoms with Gasteiger partial charge in [-0.1, -0.05) is 46.3 Å². The lowest BCUT2D eigenvalue weighted by molar-refractivity contribution is 0.0955. The molecule has 4 aromatic rings. The minimum absolute atomic E-state index is 0.118. The smallest absolute Gasteiger partial charge is 0.271 e. The van der Waals surface area contributed by atoms with Crippen LogP contribution in [0, 0.1) is 10.5 Å². The van der Waals surface area contributed by atoms with E-state index in [1.807, 2.05) is 52.9 Å². The second kappa shape index (κ2) is 9.70. The Morgan fingerprint density at radius 2 is 1.78 bits per heavy atom. The van der Waals surface area contributed by atoms with Crippen molar-refractivity contribution < 1.29 is 9.90 Å². The molecule has 0 spiro atoms. The van der Waals surface area contributed by atoms with Gasteiger partial charge >= 0.3 is 0 Å². The third-order valence-corrected chi connectivity index (χ3v) is 6.24. The molecular weight excluding hydrogens is 581 g/mol. The van der Waals surface area contributed by atoms with E-state index < -0.39 is 0 Å². The molecule has 0 saturated heterocycles. The zero-order valence-electron chi connectivity index (χ0n) is 17.1. The molecule has 0 radical (unpaired) electrons. The maximum absolute atomic E-state index is 12.5. The number of halogens is 2. The molecule has 4 rings (SSSR count). The molecule has 1 aromatic heterocycles. The molecule has 160 valence electrons. The maximum Gasteiger partial charge on any atom is 0.271 e. The van der Waals surface area contributed by atoms with Gasteiger partial charge < -0.3 is 9.67 Å². The van der Waals surface area contributed by atoms with E-state index in [1.54, 1.807) is 24.3 Å². The minimum atomic E-state index is -0.329. The number of carbonyl (C=O) groups excluding carboxylic acids is 1. The molecule has 5 nitrogen and oxygen atoms in total. The third kappa shape index (κ3) is 4.78. The summed E-state index contributed by atoms with van der Waals surface area (Å²) in [7, 11) is 0. The first kappa shape index (κ1) is 22.3. The third-order valence-electron chi connectivity index (χ3n) is 4.96. The lowest BCUT2D eigenvalue weighted by atomic mass is 10.1. The molecule has 0 fully saturated rings. The number of hydrazone groups is 1. The van der Waals surface area contributed by atoms with Crippen molar-refractivity contribution in [1.82, 2.24) is 9.99 Å². The number of rotatable bonds is 5. The fourth-order valence-electron chi connectivity index (χ4n) is 3.39. The Kier molecular flexibility index (Phi) is 6.76. The Morgan fingerprint density at radius 1 is 1.06 bits per heavy atom. The fourth-order valence-corrected chi connectivity index (χ4v) is 4.94. The molecular formula is C25H19BrIN3O2. The van der Waals surface area contributed by atoms with Crippen LogP contribution in [0.25, 0.3) is 16.9 Å². The number of hydrogen-bond donors (Lipinski definition) is 2. The van der Waals surface area contributed by atoms with Crippen LogP contribution in [-0.2, 0) is 0 Å². The molecule has 0 aliphatic carbocycles. The van der Waals surface area contributed by atoms with Crippen LogP contribution in [0.5, 0.6) is 5.75 Å². The summed E-state index contributed by atoms with van der Waals surface area (Å²) in [5, 5.41) is 14.1. The highest BCUT2D eigenvalue weighted by atomic mass is 127. The van der Waals surface area contributed by atoms with Gasteiger partial charge in [0.25, 0.3) is 5.91 Å². The van der Waals surface area contributed by atoms with Crippen molar-refractivity contribution in [2.45, 2.75) is 6.92 Å². The second-order valence-corrected chi connectivity index (χ2v) is 9.21. The van der Waals surface area contributed by atoms with Gasteiger partial charge in [-0.05, 0) is 83.6 Å². The largest absolute Gasteiger partial charge is 0.506 e. The SMILES string of the molecule is Cc1ccc(-c2ccccc2)n1-c1ccc(C(=O)N/N=C\c2cc(Br)cc(I)c2O)cc1. The quantitative estimate of drug-likeness (QED) is 0.161. The van der Waals surface area contributed by atoms with E-state index in [2.05, 4.69) is 62.2 Å². The number of benzene rings is 3. The average molecular weight is 600 g/mol. The van der Waals surface area contributed by atoms with Gasteiger partial charge in [-0.25, -0.2) is 5.43 Å². The number of carbonyl (C=O) groups is 1. The second-order valence-electron chi connectivity index (χ2n) is 7.13. The summed E-state index contributed by atoms with van der Waals surface area (Å²) in [6.45, 7) is 2.06. The summed E-state index contributed by atoms with van der Waals surface area (Å²) < 4.78 is 3.67. The number of hydrogen-bond acceptors (Lipinski definition) is 3. The van der Waals surface area contributed by atoms with E-state index in [4.69, 9.17) is 0 Å². The monoisotopic (exact) mass is 599 g/mol. The van der Waals surface area contributed by atoms with Crippen molar-refractivity contribution in [3.05, 3.63) is 104 Å². The number of nitrogens with one attached hydrogen (secondary N) is 1. The molecule has 0 unspecified atom stereocenters. The van der Waals surface area contributed by atoms with Gasteiger partial charge in [-0.2, -0.15) is 5.10 Å². The van der Waals surface area contributed by atoms with Gasteiger partial charge in [0.1, 0.15) is 5.75 Å². The van der Waals surface area contributed by atoms with E-state index in [-0.39, 0.29) is 11.7 Å². The molecule has 32 heavy (non-hydrogen) atoms. The number of phenols is 1. The van der Waals surface area contributed by atoms with Gasteiger partial charge in [0, 0.05) is 27.0 Å². The molecule has 0 aliphatic rings. The summed E-state index contributed by atoms with van der Waals surface area (Å²) in [5.41, 5.74) is 7.81. The highest BCUT2D eigenvalue weighted by molar-refractivity contribution is 14.1. The molecule has 0 aliphatic heterocycles. The molecule has 3 aromatic carbocycles. The molecule has 7 heteroatoms. The first-order valence-corrected chi connectivity index (χ1v) is 11.7. The number of nitrogens with zero attached hydrogens (tertiary/aromatic N) is 2. The highest BCUT2D eigenvalue weighted by Gasteiger charge is 2.11. The zero-order chi connectivity index (χ0) is 22.7. The molecule has 2 N–H and O–H groups in total. The van der Waals surface area contributed by atoms with E-state index in [0.29, 0.717) is 14.7 Å². The molecule has 0 bridgehead atoms. The Balaban J connectivity index is 1.52. The van der Waals surface area contributed by atoms with Crippen molar-refractivity contribution in [3.8, 4) is 22.7 Å². The van der Waals surface area contributed by atoms with Crippen molar-refractivity contribution in [2.24, 2.45) is 5.10 Å². The lowest BCUT2D eigenvalue weighted by Crippen LogP contribution is -2.17. The van der Waals surface area contributed by atoms with Crippen molar-refractivity contribution in [1.29, 1.82) is 0 Å². The van der Waals surface area contributed by atoms with Gasteiger partial charge in [0.05, 0.1) is 15.5 Å². The van der Waals surface area contributed by atoms with Gasteiger partial charge in [0.15, 0.2) is 0 Å². The van der Waals surface area contributed by atoms with E-state index in [0.717, 1.165) is 27.1 Å². The van der Waals surface area contributed by atoms with Crippen LogP contribution in [0.15, 0.2) is 88.4 Å². The van der Waals surface area contributed by atoms with Crippen molar-refractivity contribution >= 4 is 50.6 Å². The lowest BCUT2D eigenvalue weighted by Gasteiger charge is -2.12. The van der Waals surface area contributed by atoms with E-state index in [1.165, 1.54) is 6.21 Å². The zero-order valence-corrected chi connectivity index (χ0v) is 20.8. The first-order valence-electron chi connectivity index (χ1n) is 9.79. The summed E-state index contributed by atoms with van der Waals surface area (Å²) in [5.74, 6) is -0.211. The van der Waals surface area contributed by atoms with Crippen LogP contribution in [0.4, 0.5) is 0 Å². The number of amides is 1. The van der Waals surface area contributed by atoms with Crippen LogP contribution in [-0.4, -0.2) is 21.8 Å². The molecule has 0 atom stereocenters. The average Bonchev–Trinajstić information content (AvgIpc) is 3.19. The standard InChI is InChI=1S/C25H19BrIN3O2/c1-16-7-12-23(17-5-3-2-4-6-17)30(16)21-10-8-18(9-11-21)25(32)29-28-15-19-13-20(26)14-22(27)24(19)31/h2-15,31H,1H3,(H,29,32)/b28-15-. The van der Waals surface area contributed by atoms with Crippen LogP contribution in [0.3, 0.4) is 0 Å². The Bertz CT molecular complexity index is 1300. The minimum Gasteiger partial charge on any atom is -0.506 e. The van der Waals surface area contributed by atoms with Gasteiger partial charge in [-0.3, -0.25) is 4.79 Å². The van der Waals surface area contributed by atoms with E-state index in [9.17, 15) is 9.90 Å². The van der Waals surface area contributed by atoms with Crippen LogP contribution >= 0.6 is 38.5 Å². The number of aryl methyl sites for hydroxylation is 1. The summed E-state index contributed by atoms with van der Waals surface area (Å²) in [6, 6.07) is 25.3. The number of aromatic hydroxyl groups is 1. The molecule has 0 saturated carbocycles. The van der Waals surface area contributed by atoms with Gasteiger partial charge in [-0.15, -0.1) is 0 Å². The summed E-state index contributed by atoms with van der Waals surface area (Å²) in [6.07, 6.45) is 1.42. The first-order chi connectivity index (χ1) is 15.4. The predicted octanol–water partition coefficient (Wildman–Crippen LogP) is 6.29. The van der Waals surface area contributed by atoms with Crippen LogP contribution in [0.1, 0.15) is 21.6 Å². The van der Waals surface area contributed by atoms with Crippen LogP contribution in [0.2, 0.25) is 0 Å². The number of phenolic OH excluding ortho intramolecular Hbond substituents is 1. The number of aromatic nitrogens is 1. The predicted molar refractivity (Wildman–Crippen MR) is 140 cm³/mol. The maximum atomic E-state index is 12.5. The van der Waals surface area contributed by atoms with Crippen molar-refractivity contribution in [3.63, 3.8) is 0 Å². The Labute approximate surface area is 208 Å². The van der Waals surface area contributed by atoms with Gasteiger partial charge in [0.2, 0.25) is 0 Å². The topological polar surface area (TPSA) is 66.6 Å². The van der Waals surface area contributed by atoms with E-state index >= 15 is 0 Å². The highest BCUT2D eigenvalue weighted by Crippen LogP contribution is 2.28.